The van der Waals surface area contributed by atoms with E-state index in [1.807, 2.05) is 0 Å². The molecule has 0 aliphatic rings. The summed E-state index contributed by atoms with van der Waals surface area (Å²) in [5.74, 6) is 0. The van der Waals surface area contributed by atoms with E-state index in [1.165, 1.54) is 0 Å². The first-order chi connectivity index (χ1) is 10.1. The molecule has 0 saturated carbocycles. The first kappa shape index (κ1) is 19.8. The minimum Gasteiger partial charge on any atom is -0.141 e. The fourth-order valence-corrected chi connectivity index (χ4v) is 4.53. The maximum absolute atomic E-state index is 6.25. The molecular formula is C12H2Cl8S2. The van der Waals surface area contributed by atoms with E-state index in [0.717, 1.165) is 0 Å². The molecule has 10 heteroatoms. The maximum atomic E-state index is 6.25. The molecular weight excluding hydrogens is 492 g/mol. The summed E-state index contributed by atoms with van der Waals surface area (Å²) in [4.78, 5) is 0.554. The van der Waals surface area contributed by atoms with E-state index >= 15 is 0 Å². The Morgan fingerprint density at radius 1 is 0.364 bits per heavy atom. The van der Waals surface area contributed by atoms with Crippen LogP contribution in [0.5, 0.6) is 0 Å². The van der Waals surface area contributed by atoms with Crippen LogP contribution in [0, 0.1) is 0 Å². The van der Waals surface area contributed by atoms with E-state index in [2.05, 4.69) is 25.3 Å². The lowest BCUT2D eigenvalue weighted by Crippen LogP contribution is -1.92. The number of benzene rings is 2. The molecule has 2 rings (SSSR count). The maximum Gasteiger partial charge on any atom is 0.0809 e. The molecule has 0 bridgehead atoms. The minimum atomic E-state index is 0.0367. The Bertz CT molecular complexity index is 677. The van der Waals surface area contributed by atoms with Crippen LogP contribution >= 0.6 is 118 Å². The second kappa shape index (κ2) is 7.37. The van der Waals surface area contributed by atoms with Crippen molar-refractivity contribution in [3.63, 3.8) is 0 Å². The van der Waals surface area contributed by atoms with Crippen LogP contribution in [0.25, 0.3) is 11.1 Å². The average Bonchev–Trinajstić information content (AvgIpc) is 2.50. The van der Waals surface area contributed by atoms with Gasteiger partial charge in [-0.15, -0.1) is 25.3 Å². The van der Waals surface area contributed by atoms with Gasteiger partial charge in [-0.05, 0) is 0 Å². The number of thiol groups is 2. The average molecular weight is 494 g/mol. The van der Waals surface area contributed by atoms with Gasteiger partial charge in [0, 0.05) is 20.9 Å². The van der Waals surface area contributed by atoms with E-state index < -0.39 is 0 Å². The molecule has 2 aromatic rings. The topological polar surface area (TPSA) is 0 Å². The lowest BCUT2D eigenvalue weighted by molar-refractivity contribution is 1.34. The van der Waals surface area contributed by atoms with Gasteiger partial charge in [-0.2, -0.15) is 0 Å². The Labute approximate surface area is 177 Å². The first-order valence-corrected chi connectivity index (χ1v) is 9.13. The lowest BCUT2D eigenvalue weighted by Gasteiger charge is -2.18. The van der Waals surface area contributed by atoms with Gasteiger partial charge in [0.05, 0.1) is 40.2 Å². The molecule has 0 saturated heterocycles. The van der Waals surface area contributed by atoms with Gasteiger partial charge in [0.2, 0.25) is 0 Å². The zero-order valence-corrected chi connectivity index (χ0v) is 17.8. The number of hydrogen-bond acceptors (Lipinski definition) is 2. The van der Waals surface area contributed by atoms with Gasteiger partial charge < -0.3 is 0 Å². The smallest absolute Gasteiger partial charge is 0.0809 e. The van der Waals surface area contributed by atoms with Gasteiger partial charge in [-0.25, -0.2) is 0 Å². The standard InChI is InChI=1S/C12H2Cl8S2/c13-3-1(4(14)6(16)7(17)5(3)15)2-11(21)9(19)8(18)10(20)12(2)22/h21-22H. The molecule has 0 N–H and O–H groups in total. The van der Waals surface area contributed by atoms with E-state index in [4.69, 9.17) is 92.8 Å². The number of hydrogen-bond donors (Lipinski definition) is 2. The minimum absolute atomic E-state index is 0.0367. The van der Waals surface area contributed by atoms with Crippen molar-refractivity contribution in [2.24, 2.45) is 0 Å². The fraction of sp³-hybridized carbons (Fsp3) is 0. The van der Waals surface area contributed by atoms with Crippen LogP contribution in [0.4, 0.5) is 0 Å². The van der Waals surface area contributed by atoms with Crippen molar-refractivity contribution in [2.75, 3.05) is 0 Å². The highest BCUT2D eigenvalue weighted by Gasteiger charge is 2.26. The predicted molar refractivity (Wildman–Crippen MR) is 106 cm³/mol. The molecule has 0 radical (unpaired) electrons. The van der Waals surface area contributed by atoms with Crippen LogP contribution in [0.2, 0.25) is 40.2 Å². The van der Waals surface area contributed by atoms with Crippen molar-refractivity contribution in [3.8, 4) is 11.1 Å². The van der Waals surface area contributed by atoms with E-state index in [9.17, 15) is 0 Å². The van der Waals surface area contributed by atoms with Gasteiger partial charge in [0.1, 0.15) is 0 Å². The van der Waals surface area contributed by atoms with Crippen molar-refractivity contribution in [3.05, 3.63) is 40.2 Å². The molecule has 118 valence electrons. The van der Waals surface area contributed by atoms with Gasteiger partial charge in [-0.1, -0.05) is 92.8 Å². The third kappa shape index (κ3) is 3.14. The van der Waals surface area contributed by atoms with Crippen molar-refractivity contribution in [1.29, 1.82) is 0 Å². The Morgan fingerprint density at radius 3 is 1.00 bits per heavy atom. The molecule has 0 aliphatic heterocycles. The summed E-state index contributed by atoms with van der Waals surface area (Å²) in [5.41, 5.74) is 0.611. The summed E-state index contributed by atoms with van der Waals surface area (Å²) < 4.78 is 0. The van der Waals surface area contributed by atoms with Crippen LogP contribution in [-0.4, -0.2) is 0 Å². The second-order valence-electron chi connectivity index (χ2n) is 3.96. The largest absolute Gasteiger partial charge is 0.141 e. The quantitative estimate of drug-likeness (QED) is 0.221. The van der Waals surface area contributed by atoms with Gasteiger partial charge in [-0.3, -0.25) is 0 Å². The molecule has 0 aromatic heterocycles. The highest BCUT2D eigenvalue weighted by molar-refractivity contribution is 7.81. The third-order valence-electron chi connectivity index (χ3n) is 2.73. The summed E-state index contributed by atoms with van der Waals surface area (Å²) in [6.07, 6.45) is 0. The molecule has 0 fully saturated rings. The molecule has 0 heterocycles. The Kier molecular flexibility index (Phi) is 6.63. The SMILES string of the molecule is Sc1c(Cl)c(Cl)c(Cl)c(S)c1-c1c(Cl)c(Cl)c(Cl)c(Cl)c1Cl. The summed E-state index contributed by atoms with van der Waals surface area (Å²) in [7, 11) is 0. The normalized spacial score (nSPS) is 11.2. The van der Waals surface area contributed by atoms with Crippen LogP contribution in [0.1, 0.15) is 0 Å². The van der Waals surface area contributed by atoms with Gasteiger partial charge >= 0.3 is 0 Å². The third-order valence-corrected chi connectivity index (χ3v) is 7.50. The van der Waals surface area contributed by atoms with E-state index in [0.29, 0.717) is 5.56 Å². The highest BCUT2D eigenvalue weighted by atomic mass is 35.5. The highest BCUT2D eigenvalue weighted by Crippen LogP contribution is 2.54. The summed E-state index contributed by atoms with van der Waals surface area (Å²) in [6.45, 7) is 0. The van der Waals surface area contributed by atoms with Crippen LogP contribution in [0.3, 0.4) is 0 Å². The molecule has 0 spiro atoms. The van der Waals surface area contributed by atoms with E-state index in [1.54, 1.807) is 0 Å². The van der Waals surface area contributed by atoms with Gasteiger partial charge in [0.15, 0.2) is 0 Å². The van der Waals surface area contributed by atoms with Crippen LogP contribution in [0.15, 0.2) is 9.79 Å². The molecule has 22 heavy (non-hydrogen) atoms. The number of halogens is 8. The van der Waals surface area contributed by atoms with Crippen molar-refractivity contribution < 1.29 is 0 Å². The Hall–Kier alpha value is 1.46. The Balaban J connectivity index is 3.03. The summed E-state index contributed by atoms with van der Waals surface area (Å²) in [6, 6.07) is 0. The van der Waals surface area contributed by atoms with Crippen molar-refractivity contribution >= 4 is 118 Å². The molecule has 0 nitrogen and oxygen atoms in total. The summed E-state index contributed by atoms with van der Waals surface area (Å²) >= 11 is 57.6. The zero-order chi connectivity index (χ0) is 16.9. The molecule has 2 aromatic carbocycles. The first-order valence-electron chi connectivity index (χ1n) is 5.21. The van der Waals surface area contributed by atoms with Crippen LogP contribution in [-0.2, 0) is 0 Å². The number of rotatable bonds is 1. The predicted octanol–water partition coefficient (Wildman–Crippen LogP) is 9.16. The lowest BCUT2D eigenvalue weighted by atomic mass is 10.0. The fourth-order valence-electron chi connectivity index (χ4n) is 1.70. The van der Waals surface area contributed by atoms with Gasteiger partial charge in [0.25, 0.3) is 0 Å². The van der Waals surface area contributed by atoms with Crippen molar-refractivity contribution in [2.45, 2.75) is 9.79 Å². The second-order valence-corrected chi connectivity index (χ2v) is 7.88. The molecule has 0 unspecified atom stereocenters. The van der Waals surface area contributed by atoms with Crippen molar-refractivity contribution in [1.82, 2.24) is 0 Å². The Morgan fingerprint density at radius 2 is 0.636 bits per heavy atom. The zero-order valence-electron chi connectivity index (χ0n) is 9.92. The summed E-state index contributed by atoms with van der Waals surface area (Å²) in [5, 5.41) is 0.609. The molecule has 0 amide bonds. The molecule has 0 atom stereocenters. The van der Waals surface area contributed by atoms with E-state index in [-0.39, 0.29) is 55.5 Å². The van der Waals surface area contributed by atoms with Crippen LogP contribution < -0.4 is 0 Å². The monoisotopic (exact) mass is 490 g/mol. The molecule has 0 aliphatic carbocycles.